The number of hydrogen-bond donors (Lipinski definition) is 1. The van der Waals surface area contributed by atoms with Crippen LogP contribution < -0.4 is 10.1 Å². The van der Waals surface area contributed by atoms with Gasteiger partial charge in [0.2, 0.25) is 0 Å². The zero-order valence-corrected chi connectivity index (χ0v) is 14.8. The highest BCUT2D eigenvalue weighted by atomic mass is 16.5. The van der Waals surface area contributed by atoms with Crippen LogP contribution in [-0.4, -0.2) is 11.6 Å². The summed E-state index contributed by atoms with van der Waals surface area (Å²) in [5.74, 6) is 4.76. The molecule has 2 nitrogen and oxygen atoms in total. The van der Waals surface area contributed by atoms with Crippen LogP contribution in [0.5, 0.6) is 5.75 Å². The summed E-state index contributed by atoms with van der Waals surface area (Å²) in [4.78, 5) is 0. The zero-order chi connectivity index (χ0) is 16.0. The van der Waals surface area contributed by atoms with E-state index in [4.69, 9.17) is 4.74 Å². The van der Waals surface area contributed by atoms with Crippen molar-refractivity contribution in [2.75, 3.05) is 0 Å². The maximum atomic E-state index is 6.47. The molecule has 5 rings (SSSR count). The van der Waals surface area contributed by atoms with Crippen LogP contribution in [0.2, 0.25) is 0 Å². The minimum Gasteiger partial charge on any atom is -0.490 e. The Hall–Kier alpha value is -1.02. The van der Waals surface area contributed by atoms with Crippen LogP contribution in [0.1, 0.15) is 58.4 Å². The Bertz CT molecular complexity index is 514. The number of rotatable bonds is 4. The van der Waals surface area contributed by atoms with Gasteiger partial charge in [0.1, 0.15) is 11.9 Å². The van der Waals surface area contributed by atoms with Crippen molar-refractivity contribution in [3.63, 3.8) is 0 Å². The smallest absolute Gasteiger partial charge is 0.119 e. The van der Waals surface area contributed by atoms with Gasteiger partial charge in [-0.05, 0) is 94.2 Å². The predicted octanol–water partition coefficient (Wildman–Crippen LogP) is 4.78. The fourth-order valence-corrected chi connectivity index (χ4v) is 5.28. The minimum absolute atomic E-state index is 0.162. The van der Waals surface area contributed by atoms with Crippen molar-refractivity contribution >= 4 is 0 Å². The minimum atomic E-state index is 0.162. The summed E-state index contributed by atoms with van der Waals surface area (Å²) in [6, 6.07) is 8.77. The summed E-state index contributed by atoms with van der Waals surface area (Å²) in [6.07, 6.45) is 7.68. The topological polar surface area (TPSA) is 21.3 Å². The number of ether oxygens (including phenoxy) is 1. The number of benzene rings is 1. The average molecular weight is 313 g/mol. The van der Waals surface area contributed by atoms with Crippen LogP contribution in [-0.2, 0) is 6.54 Å². The fraction of sp³-hybridized carbons (Fsp3) is 0.714. The van der Waals surface area contributed by atoms with E-state index in [0.717, 1.165) is 36.0 Å². The monoisotopic (exact) mass is 313 g/mol. The van der Waals surface area contributed by atoms with Crippen LogP contribution in [0.3, 0.4) is 0 Å². The maximum absolute atomic E-state index is 6.47. The van der Waals surface area contributed by atoms with Crippen molar-refractivity contribution in [2.45, 2.75) is 71.1 Å². The molecule has 126 valence electrons. The molecule has 0 aliphatic heterocycles. The van der Waals surface area contributed by atoms with Gasteiger partial charge in [-0.1, -0.05) is 12.1 Å². The Balaban J connectivity index is 1.38. The van der Waals surface area contributed by atoms with Gasteiger partial charge in [-0.15, -0.1) is 0 Å². The first-order chi connectivity index (χ1) is 11.0. The second-order valence-corrected chi connectivity index (χ2v) is 9.26. The van der Waals surface area contributed by atoms with Gasteiger partial charge < -0.3 is 10.1 Å². The molecule has 0 radical (unpaired) electrons. The summed E-state index contributed by atoms with van der Waals surface area (Å²) >= 11 is 0. The molecule has 4 bridgehead atoms. The highest BCUT2D eigenvalue weighted by molar-refractivity contribution is 5.28. The van der Waals surface area contributed by atoms with E-state index in [-0.39, 0.29) is 5.54 Å². The van der Waals surface area contributed by atoms with Gasteiger partial charge >= 0.3 is 0 Å². The Labute approximate surface area is 141 Å². The Morgan fingerprint density at radius 2 is 1.48 bits per heavy atom. The predicted molar refractivity (Wildman–Crippen MR) is 94.5 cm³/mol. The summed E-state index contributed by atoms with van der Waals surface area (Å²) in [5, 5.41) is 3.54. The number of hydrogen-bond acceptors (Lipinski definition) is 2. The second-order valence-electron chi connectivity index (χ2n) is 9.26. The van der Waals surface area contributed by atoms with Crippen LogP contribution in [0.25, 0.3) is 0 Å². The maximum Gasteiger partial charge on any atom is 0.119 e. The van der Waals surface area contributed by atoms with E-state index in [0.29, 0.717) is 6.10 Å². The molecule has 1 aromatic carbocycles. The van der Waals surface area contributed by atoms with Crippen LogP contribution in [0.4, 0.5) is 0 Å². The molecule has 0 amide bonds. The molecule has 4 aliphatic carbocycles. The third-order valence-corrected chi connectivity index (χ3v) is 6.16. The van der Waals surface area contributed by atoms with Crippen molar-refractivity contribution < 1.29 is 4.74 Å². The molecule has 4 saturated carbocycles. The van der Waals surface area contributed by atoms with Gasteiger partial charge in [0, 0.05) is 12.1 Å². The highest BCUT2D eigenvalue weighted by Gasteiger charge is 2.49. The zero-order valence-electron chi connectivity index (χ0n) is 14.8. The molecule has 2 heteroatoms. The molecule has 4 aliphatic rings. The Kier molecular flexibility index (Phi) is 3.91. The first-order valence-electron chi connectivity index (χ1n) is 9.47. The summed E-state index contributed by atoms with van der Waals surface area (Å²) in [6.45, 7) is 7.53. The van der Waals surface area contributed by atoms with Crippen molar-refractivity contribution in [2.24, 2.45) is 23.7 Å². The molecular weight excluding hydrogens is 282 g/mol. The number of nitrogens with one attached hydrogen (secondary N) is 1. The molecule has 23 heavy (non-hydrogen) atoms. The van der Waals surface area contributed by atoms with E-state index in [1.807, 2.05) is 0 Å². The van der Waals surface area contributed by atoms with Crippen molar-refractivity contribution in [1.29, 1.82) is 0 Å². The van der Waals surface area contributed by atoms with Gasteiger partial charge in [-0.2, -0.15) is 0 Å². The molecule has 0 saturated heterocycles. The van der Waals surface area contributed by atoms with Gasteiger partial charge in [0.05, 0.1) is 0 Å². The molecule has 0 spiro atoms. The average Bonchev–Trinajstić information content (AvgIpc) is 2.48. The third kappa shape index (κ3) is 3.42. The van der Waals surface area contributed by atoms with E-state index in [9.17, 15) is 0 Å². The lowest BCUT2D eigenvalue weighted by atomic mass is 9.55. The van der Waals surface area contributed by atoms with Gasteiger partial charge in [-0.3, -0.25) is 0 Å². The van der Waals surface area contributed by atoms with Gasteiger partial charge in [0.15, 0.2) is 0 Å². The lowest BCUT2D eigenvalue weighted by Gasteiger charge is -2.53. The first kappa shape index (κ1) is 15.5. The molecule has 1 aromatic rings. The van der Waals surface area contributed by atoms with E-state index in [1.54, 1.807) is 0 Å². The Morgan fingerprint density at radius 1 is 0.913 bits per heavy atom. The summed E-state index contributed by atoms with van der Waals surface area (Å²) < 4.78 is 6.47. The lowest BCUT2D eigenvalue weighted by Crippen LogP contribution is -2.50. The molecule has 1 N–H and O–H groups in total. The standard InChI is InChI=1S/C21H31NO/c1-21(2,3)22-13-14-4-6-19(7-5-14)23-20-17-9-15-8-16(11-17)12-18(20)10-15/h4-7,15-18,20,22H,8-13H2,1-3H3. The molecule has 0 aromatic heterocycles. The SMILES string of the molecule is CC(C)(C)NCc1ccc(OC2C3CC4CC(C3)CC2C4)cc1. The molecule has 0 atom stereocenters. The quantitative estimate of drug-likeness (QED) is 0.864. The molecule has 0 unspecified atom stereocenters. The largest absolute Gasteiger partial charge is 0.490 e. The summed E-state index contributed by atoms with van der Waals surface area (Å²) in [7, 11) is 0. The van der Waals surface area contributed by atoms with E-state index in [1.165, 1.54) is 37.7 Å². The van der Waals surface area contributed by atoms with Gasteiger partial charge in [0.25, 0.3) is 0 Å². The Morgan fingerprint density at radius 3 is 2.00 bits per heavy atom. The van der Waals surface area contributed by atoms with E-state index >= 15 is 0 Å². The molecule has 4 fully saturated rings. The fourth-order valence-electron chi connectivity index (χ4n) is 5.28. The van der Waals surface area contributed by atoms with Crippen molar-refractivity contribution in [3.05, 3.63) is 29.8 Å². The highest BCUT2D eigenvalue weighted by Crippen LogP contribution is 2.54. The summed E-state index contributed by atoms with van der Waals surface area (Å²) in [5.41, 5.74) is 1.49. The van der Waals surface area contributed by atoms with Gasteiger partial charge in [-0.25, -0.2) is 0 Å². The van der Waals surface area contributed by atoms with Crippen molar-refractivity contribution in [1.82, 2.24) is 5.32 Å². The second kappa shape index (κ2) is 5.81. The normalized spacial score (nSPS) is 35.5. The van der Waals surface area contributed by atoms with E-state index in [2.05, 4.69) is 50.4 Å². The van der Waals surface area contributed by atoms with Crippen LogP contribution in [0, 0.1) is 23.7 Å². The van der Waals surface area contributed by atoms with Crippen LogP contribution in [0.15, 0.2) is 24.3 Å². The van der Waals surface area contributed by atoms with Crippen molar-refractivity contribution in [3.8, 4) is 5.75 Å². The first-order valence-corrected chi connectivity index (χ1v) is 9.47. The third-order valence-electron chi connectivity index (χ3n) is 6.16. The van der Waals surface area contributed by atoms with E-state index < -0.39 is 0 Å². The molecular formula is C21H31NO. The van der Waals surface area contributed by atoms with Crippen LogP contribution >= 0.6 is 0 Å². The molecule has 0 heterocycles. The lowest BCUT2D eigenvalue weighted by molar-refractivity contribution is -0.0789.